The third-order valence-corrected chi connectivity index (χ3v) is 4.84. The number of ketones is 1. The standard InChI is InChI=1S/C13H22O/c1-8-9(2)12(14)10-6-5-7-13(3,4)11(8)10/h8-11H,5-7H2,1-4H3/t8?,9?,10-,11-/m0/s1. The Hall–Kier alpha value is -0.330. The van der Waals surface area contributed by atoms with Crippen LogP contribution in [0.5, 0.6) is 0 Å². The summed E-state index contributed by atoms with van der Waals surface area (Å²) in [5.41, 5.74) is 0.392. The molecule has 0 heterocycles. The average Bonchev–Trinajstić information content (AvgIpc) is 2.31. The molecule has 0 bridgehead atoms. The van der Waals surface area contributed by atoms with Gasteiger partial charge in [-0.3, -0.25) is 4.79 Å². The molecule has 1 heteroatoms. The van der Waals surface area contributed by atoms with Crippen molar-refractivity contribution in [2.75, 3.05) is 0 Å². The predicted octanol–water partition coefficient (Wildman–Crippen LogP) is 3.28. The van der Waals surface area contributed by atoms with Crippen LogP contribution in [0.15, 0.2) is 0 Å². The summed E-state index contributed by atoms with van der Waals surface area (Å²) in [4.78, 5) is 12.0. The molecule has 0 saturated heterocycles. The molecule has 80 valence electrons. The Morgan fingerprint density at radius 2 is 1.93 bits per heavy atom. The Bertz CT molecular complexity index is 254. The van der Waals surface area contributed by atoms with E-state index < -0.39 is 0 Å². The second-order valence-corrected chi connectivity index (χ2v) is 6.06. The second-order valence-electron chi connectivity index (χ2n) is 6.06. The molecular formula is C13H22O. The van der Waals surface area contributed by atoms with Gasteiger partial charge in [0.05, 0.1) is 0 Å². The molecule has 0 spiro atoms. The van der Waals surface area contributed by atoms with E-state index in [0.29, 0.717) is 34.9 Å². The number of rotatable bonds is 0. The molecule has 0 aliphatic heterocycles. The van der Waals surface area contributed by atoms with Crippen molar-refractivity contribution in [1.82, 2.24) is 0 Å². The van der Waals surface area contributed by atoms with Crippen LogP contribution < -0.4 is 0 Å². The number of hydrogen-bond acceptors (Lipinski definition) is 1. The first-order valence-corrected chi connectivity index (χ1v) is 5.99. The van der Waals surface area contributed by atoms with Gasteiger partial charge in [0.25, 0.3) is 0 Å². The van der Waals surface area contributed by atoms with Gasteiger partial charge in [-0.25, -0.2) is 0 Å². The van der Waals surface area contributed by atoms with Crippen LogP contribution in [-0.4, -0.2) is 5.78 Å². The van der Waals surface area contributed by atoms with E-state index in [-0.39, 0.29) is 0 Å². The fraction of sp³-hybridized carbons (Fsp3) is 0.923. The van der Waals surface area contributed by atoms with E-state index in [1.165, 1.54) is 12.8 Å². The normalized spacial score (nSPS) is 46.4. The van der Waals surface area contributed by atoms with Crippen molar-refractivity contribution in [3.05, 3.63) is 0 Å². The number of Topliss-reactive ketones (excluding diaryl/α,β-unsaturated/α-hetero) is 1. The van der Waals surface area contributed by atoms with Gasteiger partial charge in [0.2, 0.25) is 0 Å². The number of carbonyl (C=O) groups is 1. The Balaban J connectivity index is 2.32. The predicted molar refractivity (Wildman–Crippen MR) is 57.9 cm³/mol. The molecule has 2 fully saturated rings. The molecule has 14 heavy (non-hydrogen) atoms. The van der Waals surface area contributed by atoms with Crippen molar-refractivity contribution in [3.63, 3.8) is 0 Å². The molecule has 2 unspecified atom stereocenters. The van der Waals surface area contributed by atoms with E-state index in [0.717, 1.165) is 6.42 Å². The van der Waals surface area contributed by atoms with E-state index in [1.54, 1.807) is 0 Å². The van der Waals surface area contributed by atoms with Crippen LogP contribution >= 0.6 is 0 Å². The second kappa shape index (κ2) is 3.08. The summed E-state index contributed by atoms with van der Waals surface area (Å²) in [7, 11) is 0. The first kappa shape index (κ1) is 10.2. The van der Waals surface area contributed by atoms with Gasteiger partial charge in [0, 0.05) is 11.8 Å². The maximum atomic E-state index is 12.0. The van der Waals surface area contributed by atoms with Crippen LogP contribution in [0.4, 0.5) is 0 Å². The van der Waals surface area contributed by atoms with E-state index in [2.05, 4.69) is 27.7 Å². The van der Waals surface area contributed by atoms with Crippen molar-refractivity contribution in [1.29, 1.82) is 0 Å². The Labute approximate surface area is 87.3 Å². The molecule has 0 amide bonds. The lowest BCUT2D eigenvalue weighted by Gasteiger charge is -2.42. The van der Waals surface area contributed by atoms with Gasteiger partial charge in [0.1, 0.15) is 5.78 Å². The smallest absolute Gasteiger partial charge is 0.139 e. The highest BCUT2D eigenvalue weighted by Crippen LogP contribution is 2.54. The van der Waals surface area contributed by atoms with Crippen LogP contribution in [0, 0.1) is 29.1 Å². The largest absolute Gasteiger partial charge is 0.299 e. The minimum absolute atomic E-state index is 0.308. The molecule has 0 N–H and O–H groups in total. The molecule has 1 nitrogen and oxygen atoms in total. The Kier molecular flexibility index (Phi) is 2.24. The quantitative estimate of drug-likeness (QED) is 0.578. The lowest BCUT2D eigenvalue weighted by atomic mass is 9.62. The van der Waals surface area contributed by atoms with Gasteiger partial charge < -0.3 is 0 Å². The average molecular weight is 194 g/mol. The third kappa shape index (κ3) is 1.24. The van der Waals surface area contributed by atoms with Crippen molar-refractivity contribution >= 4 is 5.78 Å². The minimum Gasteiger partial charge on any atom is -0.299 e. The highest BCUT2D eigenvalue weighted by Gasteiger charge is 2.52. The van der Waals surface area contributed by atoms with Crippen molar-refractivity contribution < 1.29 is 4.79 Å². The highest BCUT2D eigenvalue weighted by molar-refractivity contribution is 5.86. The molecule has 0 radical (unpaired) electrons. The van der Waals surface area contributed by atoms with Crippen molar-refractivity contribution in [3.8, 4) is 0 Å². The monoisotopic (exact) mass is 194 g/mol. The zero-order valence-electron chi connectivity index (χ0n) is 9.84. The van der Waals surface area contributed by atoms with Gasteiger partial charge in [-0.05, 0) is 30.1 Å². The van der Waals surface area contributed by atoms with E-state index in [9.17, 15) is 4.79 Å². The summed E-state index contributed by atoms with van der Waals surface area (Å²) >= 11 is 0. The SMILES string of the molecule is CC1C(=O)[C@H]2CCCC(C)(C)[C@H]2C1C. The Morgan fingerprint density at radius 3 is 2.50 bits per heavy atom. The number of fused-ring (bicyclic) bond motifs is 1. The van der Waals surface area contributed by atoms with Gasteiger partial charge in [0.15, 0.2) is 0 Å². The topological polar surface area (TPSA) is 17.1 Å². The minimum atomic E-state index is 0.308. The summed E-state index contributed by atoms with van der Waals surface area (Å²) in [5, 5.41) is 0. The number of carbonyl (C=O) groups excluding carboxylic acids is 1. The molecule has 0 aromatic heterocycles. The first-order valence-electron chi connectivity index (χ1n) is 5.99. The zero-order valence-corrected chi connectivity index (χ0v) is 9.84. The zero-order chi connectivity index (χ0) is 10.5. The van der Waals surface area contributed by atoms with Crippen LogP contribution in [0.1, 0.15) is 47.0 Å². The molecule has 4 atom stereocenters. The summed E-state index contributed by atoms with van der Waals surface area (Å²) < 4.78 is 0. The van der Waals surface area contributed by atoms with Gasteiger partial charge >= 0.3 is 0 Å². The van der Waals surface area contributed by atoms with Crippen LogP contribution in [0.25, 0.3) is 0 Å². The molecule has 2 aliphatic rings. The van der Waals surface area contributed by atoms with Crippen LogP contribution in [0.3, 0.4) is 0 Å². The van der Waals surface area contributed by atoms with E-state index in [4.69, 9.17) is 0 Å². The fourth-order valence-electron chi connectivity index (χ4n) is 3.97. The van der Waals surface area contributed by atoms with Crippen LogP contribution in [-0.2, 0) is 4.79 Å². The molecule has 2 rings (SSSR count). The van der Waals surface area contributed by atoms with Gasteiger partial charge in [-0.1, -0.05) is 34.1 Å². The van der Waals surface area contributed by atoms with Gasteiger partial charge in [-0.15, -0.1) is 0 Å². The third-order valence-electron chi connectivity index (χ3n) is 4.84. The Morgan fingerprint density at radius 1 is 1.29 bits per heavy atom. The van der Waals surface area contributed by atoms with Gasteiger partial charge in [-0.2, -0.15) is 0 Å². The molecule has 0 aromatic carbocycles. The molecule has 2 aliphatic carbocycles. The summed E-state index contributed by atoms with van der Waals surface area (Å²) in [6.07, 6.45) is 3.71. The maximum absolute atomic E-state index is 12.0. The number of hydrogen-bond donors (Lipinski definition) is 0. The fourth-order valence-corrected chi connectivity index (χ4v) is 3.97. The van der Waals surface area contributed by atoms with Crippen LogP contribution in [0.2, 0.25) is 0 Å². The van der Waals surface area contributed by atoms with Crippen molar-refractivity contribution in [2.45, 2.75) is 47.0 Å². The lowest BCUT2D eigenvalue weighted by Crippen LogP contribution is -2.36. The lowest BCUT2D eigenvalue weighted by molar-refractivity contribution is -0.125. The molecule has 0 aromatic rings. The first-order chi connectivity index (χ1) is 6.45. The molecule has 2 saturated carbocycles. The summed E-state index contributed by atoms with van der Waals surface area (Å²) in [6.45, 7) is 9.11. The van der Waals surface area contributed by atoms with Crippen molar-refractivity contribution in [2.24, 2.45) is 29.1 Å². The summed E-state index contributed by atoms with van der Waals surface area (Å²) in [6, 6.07) is 0. The highest BCUT2D eigenvalue weighted by atomic mass is 16.1. The maximum Gasteiger partial charge on any atom is 0.139 e. The molecular weight excluding hydrogens is 172 g/mol. The summed E-state index contributed by atoms with van der Waals surface area (Å²) in [5.74, 6) is 2.50. The van der Waals surface area contributed by atoms with E-state index >= 15 is 0 Å². The van der Waals surface area contributed by atoms with E-state index in [1.807, 2.05) is 0 Å².